The van der Waals surface area contributed by atoms with Crippen LogP contribution in [0.15, 0.2) is 11.6 Å². The number of nitrogens with one attached hydrogen (secondary N) is 1. The first-order chi connectivity index (χ1) is 12.0. The van der Waals surface area contributed by atoms with Crippen LogP contribution in [0.2, 0.25) is 0 Å². The average molecular weight is 365 g/mol. The molecule has 138 valence electrons. The summed E-state index contributed by atoms with van der Waals surface area (Å²) in [7, 11) is 0. The minimum Gasteiger partial charge on any atom is -0.342 e. The van der Waals surface area contributed by atoms with Crippen molar-refractivity contribution in [3.05, 3.63) is 11.6 Å². The number of nitrogens with zero attached hydrogens (tertiary/aromatic N) is 3. The summed E-state index contributed by atoms with van der Waals surface area (Å²) in [4.78, 5) is 33.4. The summed E-state index contributed by atoms with van der Waals surface area (Å²) in [5, 5.41) is 5.35. The van der Waals surface area contributed by atoms with Gasteiger partial charge in [-0.3, -0.25) is 14.5 Å². The van der Waals surface area contributed by atoms with E-state index in [-0.39, 0.29) is 17.9 Å². The van der Waals surface area contributed by atoms with Gasteiger partial charge in [0.15, 0.2) is 5.13 Å². The zero-order valence-electron chi connectivity index (χ0n) is 15.1. The van der Waals surface area contributed by atoms with Crippen LogP contribution in [0.5, 0.6) is 0 Å². The predicted molar refractivity (Wildman–Crippen MR) is 99.5 cm³/mol. The van der Waals surface area contributed by atoms with E-state index < -0.39 is 0 Å². The molecule has 1 aromatic rings. The molecule has 2 aliphatic heterocycles. The first-order valence-electron chi connectivity index (χ1n) is 9.27. The Morgan fingerprint density at radius 1 is 1.28 bits per heavy atom. The number of carbonyl (C=O) groups is 2. The Bertz CT molecular complexity index is 584. The molecule has 1 aromatic heterocycles. The molecule has 3 heterocycles. The topological polar surface area (TPSA) is 65.5 Å². The Morgan fingerprint density at radius 3 is 2.68 bits per heavy atom. The Kier molecular flexibility index (Phi) is 6.06. The van der Waals surface area contributed by atoms with Gasteiger partial charge in [-0.2, -0.15) is 0 Å². The molecule has 2 amide bonds. The van der Waals surface area contributed by atoms with Crippen molar-refractivity contribution in [1.29, 1.82) is 0 Å². The molecule has 2 atom stereocenters. The Labute approximate surface area is 153 Å². The summed E-state index contributed by atoms with van der Waals surface area (Å²) in [5.41, 5.74) is 0. The molecule has 2 aliphatic rings. The van der Waals surface area contributed by atoms with Crippen molar-refractivity contribution in [2.45, 2.75) is 45.6 Å². The molecule has 3 rings (SSSR count). The molecule has 0 aliphatic carbocycles. The molecular formula is C18H28N4O2S. The lowest BCUT2D eigenvalue weighted by Crippen LogP contribution is -2.49. The van der Waals surface area contributed by atoms with Gasteiger partial charge in [0, 0.05) is 30.6 Å². The van der Waals surface area contributed by atoms with Crippen LogP contribution in [0.4, 0.5) is 5.13 Å². The van der Waals surface area contributed by atoms with Crippen molar-refractivity contribution in [1.82, 2.24) is 14.8 Å². The van der Waals surface area contributed by atoms with E-state index in [1.807, 2.05) is 12.3 Å². The minimum absolute atomic E-state index is 0.0235. The summed E-state index contributed by atoms with van der Waals surface area (Å²) in [6, 6.07) is -0.199. The summed E-state index contributed by atoms with van der Waals surface area (Å²) in [5.74, 6) is 1.04. The van der Waals surface area contributed by atoms with Gasteiger partial charge in [0.05, 0.1) is 6.04 Å². The second-order valence-corrected chi connectivity index (χ2v) is 8.24. The molecule has 6 nitrogen and oxygen atoms in total. The van der Waals surface area contributed by atoms with Crippen molar-refractivity contribution in [3.8, 4) is 0 Å². The molecule has 1 N–H and O–H groups in total. The highest BCUT2D eigenvalue weighted by molar-refractivity contribution is 7.13. The van der Waals surface area contributed by atoms with Crippen LogP contribution in [0.1, 0.15) is 39.5 Å². The number of carbonyl (C=O) groups excluding carboxylic acids is 2. The first kappa shape index (κ1) is 18.3. The third kappa shape index (κ3) is 4.58. The number of hydrogen-bond acceptors (Lipinski definition) is 5. The normalized spacial score (nSPS) is 24.1. The number of thiazole rings is 1. The number of hydrogen-bond donors (Lipinski definition) is 1. The van der Waals surface area contributed by atoms with Crippen molar-refractivity contribution in [2.24, 2.45) is 11.8 Å². The second-order valence-electron chi connectivity index (χ2n) is 7.34. The zero-order valence-corrected chi connectivity index (χ0v) is 15.9. The standard InChI is InChI=1S/C18H28N4O2S/c1-13-4-3-8-22(12-13)17(24)15-5-9-21(10-6-15)14(2)16(23)20-18-19-7-11-25-18/h7,11,13-15H,3-6,8-10,12H2,1-2H3,(H,19,20,23)/t13-,14+/m0/s1. The lowest BCUT2D eigenvalue weighted by atomic mass is 9.92. The van der Waals surface area contributed by atoms with Crippen LogP contribution in [-0.2, 0) is 9.59 Å². The molecule has 2 fully saturated rings. The number of anilines is 1. The van der Waals surface area contributed by atoms with Crippen LogP contribution in [-0.4, -0.2) is 58.8 Å². The van der Waals surface area contributed by atoms with Crippen molar-refractivity contribution >= 4 is 28.3 Å². The summed E-state index contributed by atoms with van der Waals surface area (Å²) < 4.78 is 0. The zero-order chi connectivity index (χ0) is 17.8. The fraction of sp³-hybridized carbons (Fsp3) is 0.722. The summed E-state index contributed by atoms with van der Waals surface area (Å²) >= 11 is 1.42. The molecule has 0 unspecified atom stereocenters. The molecular weight excluding hydrogens is 336 g/mol. The third-order valence-corrected chi connectivity index (χ3v) is 6.13. The van der Waals surface area contributed by atoms with E-state index in [9.17, 15) is 9.59 Å². The predicted octanol–water partition coefficient (Wildman–Crippen LogP) is 2.44. The van der Waals surface area contributed by atoms with Crippen molar-refractivity contribution in [3.63, 3.8) is 0 Å². The second kappa shape index (κ2) is 8.27. The smallest absolute Gasteiger partial charge is 0.243 e. The van der Waals surface area contributed by atoms with Crippen LogP contribution in [0.3, 0.4) is 0 Å². The molecule has 7 heteroatoms. The van der Waals surface area contributed by atoms with E-state index in [1.54, 1.807) is 6.20 Å². The maximum atomic E-state index is 12.7. The van der Waals surface area contributed by atoms with Crippen LogP contribution >= 0.6 is 11.3 Å². The van der Waals surface area contributed by atoms with Crippen LogP contribution in [0.25, 0.3) is 0 Å². The highest BCUT2D eigenvalue weighted by atomic mass is 32.1. The van der Waals surface area contributed by atoms with E-state index in [1.165, 1.54) is 17.8 Å². The van der Waals surface area contributed by atoms with Gasteiger partial charge >= 0.3 is 0 Å². The van der Waals surface area contributed by atoms with Crippen LogP contribution < -0.4 is 5.32 Å². The lowest BCUT2D eigenvalue weighted by molar-refractivity contribution is -0.139. The van der Waals surface area contributed by atoms with Crippen LogP contribution in [0, 0.1) is 11.8 Å². The molecule has 0 spiro atoms. The maximum Gasteiger partial charge on any atom is 0.243 e. The summed E-state index contributed by atoms with van der Waals surface area (Å²) in [6.45, 7) is 7.57. The van der Waals surface area contributed by atoms with E-state index >= 15 is 0 Å². The average Bonchev–Trinajstić information content (AvgIpc) is 3.13. The van der Waals surface area contributed by atoms with E-state index in [2.05, 4.69) is 27.0 Å². The molecule has 25 heavy (non-hydrogen) atoms. The summed E-state index contributed by atoms with van der Waals surface area (Å²) in [6.07, 6.45) is 5.73. The largest absolute Gasteiger partial charge is 0.342 e. The third-order valence-electron chi connectivity index (χ3n) is 5.44. The van der Waals surface area contributed by atoms with E-state index in [0.29, 0.717) is 17.0 Å². The van der Waals surface area contributed by atoms with Crippen molar-refractivity contribution < 1.29 is 9.59 Å². The number of amides is 2. The first-order valence-corrected chi connectivity index (χ1v) is 10.2. The SMILES string of the molecule is C[C@H]1CCCN(C(=O)C2CCN([C@H](C)C(=O)Nc3nccs3)CC2)C1. The van der Waals surface area contributed by atoms with Gasteiger partial charge in [0.1, 0.15) is 0 Å². The lowest BCUT2D eigenvalue weighted by Gasteiger charge is -2.38. The van der Waals surface area contributed by atoms with E-state index in [0.717, 1.165) is 45.4 Å². The minimum atomic E-state index is -0.199. The van der Waals surface area contributed by atoms with E-state index in [4.69, 9.17) is 0 Å². The fourth-order valence-electron chi connectivity index (χ4n) is 3.84. The quantitative estimate of drug-likeness (QED) is 0.891. The van der Waals surface area contributed by atoms with Gasteiger partial charge < -0.3 is 10.2 Å². The molecule has 2 saturated heterocycles. The van der Waals surface area contributed by atoms with Gasteiger partial charge in [-0.1, -0.05) is 6.92 Å². The molecule has 0 radical (unpaired) electrons. The molecule has 0 aromatic carbocycles. The monoisotopic (exact) mass is 364 g/mol. The highest BCUT2D eigenvalue weighted by Crippen LogP contribution is 2.24. The number of rotatable bonds is 4. The maximum absolute atomic E-state index is 12.7. The van der Waals surface area contributed by atoms with Crippen molar-refractivity contribution in [2.75, 3.05) is 31.5 Å². The fourth-order valence-corrected chi connectivity index (χ4v) is 4.37. The number of likely N-dealkylation sites (tertiary alicyclic amines) is 2. The molecule has 0 saturated carbocycles. The van der Waals surface area contributed by atoms with Gasteiger partial charge in [-0.25, -0.2) is 4.98 Å². The van der Waals surface area contributed by atoms with Gasteiger partial charge in [-0.15, -0.1) is 11.3 Å². The van der Waals surface area contributed by atoms with Gasteiger partial charge in [-0.05, 0) is 51.6 Å². The molecule has 0 bridgehead atoms. The Morgan fingerprint density at radius 2 is 2.04 bits per heavy atom. The van der Waals surface area contributed by atoms with Gasteiger partial charge in [0.25, 0.3) is 0 Å². The Balaban J connectivity index is 1.47. The van der Waals surface area contributed by atoms with Gasteiger partial charge in [0.2, 0.25) is 11.8 Å². The number of piperidine rings is 2. The number of aromatic nitrogens is 1. The highest BCUT2D eigenvalue weighted by Gasteiger charge is 2.33. The Hall–Kier alpha value is -1.47.